The lowest BCUT2D eigenvalue weighted by molar-refractivity contribution is -0.0649. The van der Waals surface area contributed by atoms with E-state index in [0.717, 1.165) is 13.0 Å². The molecule has 0 N–H and O–H groups in total. The Balaban J connectivity index is 2.39. The lowest BCUT2D eigenvalue weighted by Crippen LogP contribution is -2.44. The van der Waals surface area contributed by atoms with Gasteiger partial charge in [0.05, 0.1) is 18.8 Å². The number of piperidine rings is 1. The third-order valence-corrected chi connectivity index (χ3v) is 2.22. The van der Waals surface area contributed by atoms with Gasteiger partial charge in [-0.3, -0.25) is 0 Å². The molecule has 0 amide bonds. The zero-order valence-electron chi connectivity index (χ0n) is 8.37. The van der Waals surface area contributed by atoms with Crippen molar-refractivity contribution in [3.8, 4) is 0 Å². The fraction of sp³-hybridized carbons (Fsp3) is 0.800. The van der Waals surface area contributed by atoms with E-state index in [9.17, 15) is 4.39 Å². The maximum absolute atomic E-state index is 13.4. The van der Waals surface area contributed by atoms with Crippen LogP contribution in [0.25, 0.3) is 0 Å². The van der Waals surface area contributed by atoms with E-state index in [1.54, 1.807) is 6.20 Å². The van der Waals surface area contributed by atoms with Gasteiger partial charge in [-0.1, -0.05) is 6.58 Å². The van der Waals surface area contributed by atoms with Gasteiger partial charge in [-0.25, -0.2) is 4.39 Å². The molecule has 13 heavy (non-hydrogen) atoms. The number of nitrogens with zero attached hydrogens (tertiary/aromatic N) is 1. The minimum atomic E-state index is -0.880. The molecule has 1 rings (SSSR count). The van der Waals surface area contributed by atoms with Gasteiger partial charge in [-0.2, -0.15) is 0 Å². The maximum Gasteiger partial charge on any atom is 0.144 e. The summed E-state index contributed by atoms with van der Waals surface area (Å²) in [7, 11) is 0. The van der Waals surface area contributed by atoms with Crippen LogP contribution in [0.4, 0.5) is 4.39 Å². The van der Waals surface area contributed by atoms with E-state index < -0.39 is 6.17 Å². The van der Waals surface area contributed by atoms with Gasteiger partial charge in [-0.05, 0) is 26.5 Å². The van der Waals surface area contributed by atoms with E-state index in [0.29, 0.717) is 6.54 Å². The monoisotopic (exact) mass is 187 g/mol. The van der Waals surface area contributed by atoms with Crippen LogP contribution in [0.5, 0.6) is 0 Å². The highest BCUT2D eigenvalue weighted by Gasteiger charge is 2.28. The van der Waals surface area contributed by atoms with Gasteiger partial charge < -0.3 is 9.64 Å². The van der Waals surface area contributed by atoms with Gasteiger partial charge in [0, 0.05) is 6.54 Å². The SMILES string of the molecule is C=CN1CC[C@H](OC(C)C)[C@H](F)C1. The molecule has 0 bridgehead atoms. The first-order valence-electron chi connectivity index (χ1n) is 4.79. The van der Waals surface area contributed by atoms with Crippen molar-refractivity contribution in [3.63, 3.8) is 0 Å². The summed E-state index contributed by atoms with van der Waals surface area (Å²) in [6.07, 6.45) is 1.45. The standard InChI is InChI=1S/C10H18FNO/c1-4-12-6-5-10(9(11)7-12)13-8(2)3/h4,8-10H,1,5-7H2,2-3H3/t9-,10+/m1/s1. The van der Waals surface area contributed by atoms with Crippen LogP contribution < -0.4 is 0 Å². The van der Waals surface area contributed by atoms with Gasteiger partial charge in [0.2, 0.25) is 0 Å². The van der Waals surface area contributed by atoms with E-state index >= 15 is 0 Å². The molecule has 0 spiro atoms. The first-order valence-corrected chi connectivity index (χ1v) is 4.79. The minimum Gasteiger partial charge on any atom is -0.375 e. The molecule has 0 unspecified atom stereocenters. The minimum absolute atomic E-state index is 0.110. The molecule has 0 saturated carbocycles. The second-order valence-electron chi connectivity index (χ2n) is 3.71. The Hall–Kier alpha value is -0.570. The molecule has 0 aromatic heterocycles. The Labute approximate surface area is 79.4 Å². The van der Waals surface area contributed by atoms with Crippen molar-refractivity contribution in [2.75, 3.05) is 13.1 Å². The predicted molar refractivity (Wildman–Crippen MR) is 51.3 cm³/mol. The van der Waals surface area contributed by atoms with Crippen LogP contribution in [-0.2, 0) is 4.74 Å². The Morgan fingerprint density at radius 3 is 2.77 bits per heavy atom. The van der Waals surface area contributed by atoms with Gasteiger partial charge in [0.1, 0.15) is 6.17 Å². The summed E-state index contributed by atoms with van der Waals surface area (Å²) in [4.78, 5) is 1.89. The summed E-state index contributed by atoms with van der Waals surface area (Å²) in [6.45, 7) is 8.76. The number of hydrogen-bond donors (Lipinski definition) is 0. The average Bonchev–Trinajstić information content (AvgIpc) is 2.08. The lowest BCUT2D eigenvalue weighted by Gasteiger charge is -2.34. The van der Waals surface area contributed by atoms with Crippen LogP contribution in [0.2, 0.25) is 0 Å². The maximum atomic E-state index is 13.4. The van der Waals surface area contributed by atoms with Crippen LogP contribution in [0.3, 0.4) is 0 Å². The normalized spacial score (nSPS) is 29.4. The Morgan fingerprint density at radius 2 is 2.31 bits per heavy atom. The molecule has 0 aromatic carbocycles. The summed E-state index contributed by atoms with van der Waals surface area (Å²) in [5, 5.41) is 0. The predicted octanol–water partition coefficient (Wildman–Crippen LogP) is 1.97. The summed E-state index contributed by atoms with van der Waals surface area (Å²) >= 11 is 0. The highest BCUT2D eigenvalue weighted by Crippen LogP contribution is 2.18. The molecule has 76 valence electrons. The molecule has 1 heterocycles. The Morgan fingerprint density at radius 1 is 1.62 bits per heavy atom. The highest BCUT2D eigenvalue weighted by atomic mass is 19.1. The number of ether oxygens (including phenoxy) is 1. The number of hydrogen-bond acceptors (Lipinski definition) is 2. The molecule has 1 saturated heterocycles. The van der Waals surface area contributed by atoms with Crippen LogP contribution >= 0.6 is 0 Å². The van der Waals surface area contributed by atoms with Crippen molar-refractivity contribution in [3.05, 3.63) is 12.8 Å². The fourth-order valence-corrected chi connectivity index (χ4v) is 1.58. The molecule has 2 atom stereocenters. The third-order valence-electron chi connectivity index (χ3n) is 2.22. The molecule has 0 aromatic rings. The largest absolute Gasteiger partial charge is 0.375 e. The zero-order chi connectivity index (χ0) is 9.84. The first-order chi connectivity index (χ1) is 6.13. The van der Waals surface area contributed by atoms with Crippen molar-refractivity contribution < 1.29 is 9.13 Å². The van der Waals surface area contributed by atoms with Crippen LogP contribution in [0.15, 0.2) is 12.8 Å². The Kier molecular flexibility index (Phi) is 3.72. The summed E-state index contributed by atoms with van der Waals surface area (Å²) in [5.74, 6) is 0. The second-order valence-corrected chi connectivity index (χ2v) is 3.71. The van der Waals surface area contributed by atoms with Crippen molar-refractivity contribution in [2.45, 2.75) is 38.6 Å². The van der Waals surface area contributed by atoms with Gasteiger partial charge >= 0.3 is 0 Å². The van der Waals surface area contributed by atoms with Crippen LogP contribution in [-0.4, -0.2) is 36.4 Å². The number of likely N-dealkylation sites (tertiary alicyclic amines) is 1. The van der Waals surface area contributed by atoms with Gasteiger partial charge in [0.15, 0.2) is 0 Å². The molecule has 1 fully saturated rings. The highest BCUT2D eigenvalue weighted by molar-refractivity contribution is 4.85. The quantitative estimate of drug-likeness (QED) is 0.669. The fourth-order valence-electron chi connectivity index (χ4n) is 1.58. The molecule has 3 heteroatoms. The third kappa shape index (κ3) is 2.99. The molecule has 2 nitrogen and oxygen atoms in total. The van der Waals surface area contributed by atoms with Crippen molar-refractivity contribution in [2.24, 2.45) is 0 Å². The lowest BCUT2D eigenvalue weighted by atomic mass is 10.1. The van der Waals surface area contributed by atoms with E-state index in [4.69, 9.17) is 4.74 Å². The van der Waals surface area contributed by atoms with Crippen molar-refractivity contribution in [1.82, 2.24) is 4.90 Å². The van der Waals surface area contributed by atoms with E-state index in [2.05, 4.69) is 6.58 Å². The first kappa shape index (κ1) is 10.5. The summed E-state index contributed by atoms with van der Waals surface area (Å²) in [5.41, 5.74) is 0. The topological polar surface area (TPSA) is 12.5 Å². The molecule has 0 radical (unpaired) electrons. The van der Waals surface area contributed by atoms with E-state index in [1.807, 2.05) is 18.7 Å². The molecular weight excluding hydrogens is 169 g/mol. The number of alkyl halides is 1. The van der Waals surface area contributed by atoms with Crippen LogP contribution in [0, 0.1) is 0 Å². The molecule has 1 aliphatic rings. The van der Waals surface area contributed by atoms with E-state index in [1.165, 1.54) is 0 Å². The van der Waals surface area contributed by atoms with Gasteiger partial charge in [0.25, 0.3) is 0 Å². The number of rotatable bonds is 3. The van der Waals surface area contributed by atoms with Crippen molar-refractivity contribution >= 4 is 0 Å². The Bertz CT molecular complexity index is 172. The van der Waals surface area contributed by atoms with E-state index in [-0.39, 0.29) is 12.2 Å². The summed E-state index contributed by atoms with van der Waals surface area (Å²) < 4.78 is 18.9. The average molecular weight is 187 g/mol. The molecule has 0 aliphatic carbocycles. The molecule has 1 aliphatic heterocycles. The number of halogens is 1. The van der Waals surface area contributed by atoms with Crippen LogP contribution in [0.1, 0.15) is 20.3 Å². The zero-order valence-corrected chi connectivity index (χ0v) is 8.37. The molecular formula is C10H18FNO. The van der Waals surface area contributed by atoms with Gasteiger partial charge in [-0.15, -0.1) is 0 Å². The smallest absolute Gasteiger partial charge is 0.144 e. The van der Waals surface area contributed by atoms with Crippen molar-refractivity contribution in [1.29, 1.82) is 0 Å². The summed E-state index contributed by atoms with van der Waals surface area (Å²) in [6, 6.07) is 0. The second kappa shape index (κ2) is 4.61.